The summed E-state index contributed by atoms with van der Waals surface area (Å²) in [5, 5.41) is 3.09. The van der Waals surface area contributed by atoms with Crippen molar-refractivity contribution in [3.63, 3.8) is 0 Å². The number of anilines is 1. The van der Waals surface area contributed by atoms with Gasteiger partial charge in [-0.3, -0.25) is 0 Å². The lowest BCUT2D eigenvalue weighted by molar-refractivity contribution is -0.173. The number of rotatable bonds is 7. The van der Waals surface area contributed by atoms with Crippen LogP contribution in [0.3, 0.4) is 0 Å². The summed E-state index contributed by atoms with van der Waals surface area (Å²) in [5.41, 5.74) is 0.864. The maximum Gasteiger partial charge on any atom is 0.411 e. The molecule has 0 unspecified atom stereocenters. The first-order valence-corrected chi connectivity index (χ1v) is 6.43. The Bertz CT molecular complexity index is 399. The Hall–Kier alpha value is -0.950. The van der Waals surface area contributed by atoms with Gasteiger partial charge in [0.15, 0.2) is 0 Å². The Balaban J connectivity index is 2.21. The Labute approximate surface area is 118 Å². The van der Waals surface area contributed by atoms with E-state index in [-0.39, 0.29) is 6.61 Å². The summed E-state index contributed by atoms with van der Waals surface area (Å²) in [5.74, 6) is 0.721. The first kappa shape index (κ1) is 16.1. The fourth-order valence-electron chi connectivity index (χ4n) is 1.37. The molecule has 1 N–H and O–H groups in total. The maximum atomic E-state index is 11.8. The maximum absolute atomic E-state index is 11.8. The van der Waals surface area contributed by atoms with E-state index >= 15 is 0 Å². The van der Waals surface area contributed by atoms with Crippen molar-refractivity contribution in [2.45, 2.75) is 12.6 Å². The third kappa shape index (κ3) is 6.68. The number of hydrogen-bond acceptors (Lipinski definition) is 3. The van der Waals surface area contributed by atoms with E-state index in [1.165, 1.54) is 0 Å². The molecule has 0 heterocycles. The molecule has 0 amide bonds. The topological polar surface area (TPSA) is 30.5 Å². The highest BCUT2D eigenvalue weighted by molar-refractivity contribution is 9.10. The predicted octanol–water partition coefficient (Wildman–Crippen LogP) is 3.84. The lowest BCUT2D eigenvalue weighted by atomic mass is 10.3. The molecule has 0 saturated heterocycles. The van der Waals surface area contributed by atoms with E-state index in [1.807, 2.05) is 12.1 Å². The van der Waals surface area contributed by atoms with E-state index in [1.54, 1.807) is 13.2 Å². The first-order chi connectivity index (χ1) is 8.92. The Kier molecular flexibility index (Phi) is 6.44. The van der Waals surface area contributed by atoms with Crippen LogP contribution < -0.4 is 10.1 Å². The largest absolute Gasteiger partial charge is 0.496 e. The SMILES string of the molecule is COc1ccc(NCCCOCC(F)(F)F)cc1Br. The quantitative estimate of drug-likeness (QED) is 0.764. The van der Waals surface area contributed by atoms with Gasteiger partial charge in [0.2, 0.25) is 0 Å². The van der Waals surface area contributed by atoms with Gasteiger partial charge in [-0.05, 0) is 40.5 Å². The van der Waals surface area contributed by atoms with Crippen molar-refractivity contribution in [3.8, 4) is 5.75 Å². The summed E-state index contributed by atoms with van der Waals surface area (Å²) >= 11 is 3.35. The summed E-state index contributed by atoms with van der Waals surface area (Å²) in [6, 6.07) is 5.47. The number of halogens is 4. The standard InChI is InChI=1S/C12H15BrF3NO2/c1-18-11-4-3-9(7-10(11)13)17-5-2-6-19-8-12(14,15)16/h3-4,7,17H,2,5-6,8H2,1H3. The van der Waals surface area contributed by atoms with E-state index in [0.29, 0.717) is 13.0 Å². The molecule has 0 aliphatic carbocycles. The van der Waals surface area contributed by atoms with Gasteiger partial charge in [-0.15, -0.1) is 0 Å². The number of nitrogens with one attached hydrogen (secondary N) is 1. The molecule has 1 aromatic rings. The third-order valence-corrected chi connectivity index (χ3v) is 2.83. The molecule has 0 fully saturated rings. The van der Waals surface area contributed by atoms with Crippen molar-refractivity contribution in [2.75, 3.05) is 32.2 Å². The summed E-state index contributed by atoms with van der Waals surface area (Å²) in [6.45, 7) is -0.582. The van der Waals surface area contributed by atoms with Crippen molar-refractivity contribution < 1.29 is 22.6 Å². The molecule has 0 saturated carbocycles. The molecule has 7 heteroatoms. The van der Waals surface area contributed by atoms with Crippen LogP contribution in [0, 0.1) is 0 Å². The van der Waals surface area contributed by atoms with Crippen LogP contribution in [0.15, 0.2) is 22.7 Å². The van der Waals surface area contributed by atoms with Crippen molar-refractivity contribution in [3.05, 3.63) is 22.7 Å². The van der Waals surface area contributed by atoms with E-state index in [2.05, 4.69) is 26.0 Å². The number of benzene rings is 1. The van der Waals surface area contributed by atoms with Gasteiger partial charge in [0.1, 0.15) is 12.4 Å². The number of alkyl halides is 3. The normalized spacial score (nSPS) is 11.4. The van der Waals surface area contributed by atoms with E-state index in [9.17, 15) is 13.2 Å². The van der Waals surface area contributed by atoms with E-state index < -0.39 is 12.8 Å². The van der Waals surface area contributed by atoms with Crippen molar-refractivity contribution in [2.24, 2.45) is 0 Å². The van der Waals surface area contributed by atoms with Gasteiger partial charge in [-0.25, -0.2) is 0 Å². The van der Waals surface area contributed by atoms with Crippen LogP contribution in [0.1, 0.15) is 6.42 Å². The first-order valence-electron chi connectivity index (χ1n) is 5.64. The van der Waals surface area contributed by atoms with Crippen LogP contribution in [-0.2, 0) is 4.74 Å². The molecule has 0 atom stereocenters. The van der Waals surface area contributed by atoms with Gasteiger partial charge < -0.3 is 14.8 Å². The molecule has 1 aromatic carbocycles. The molecule has 3 nitrogen and oxygen atoms in total. The monoisotopic (exact) mass is 341 g/mol. The summed E-state index contributed by atoms with van der Waals surface area (Å²) in [4.78, 5) is 0. The van der Waals surface area contributed by atoms with Gasteiger partial charge in [-0.1, -0.05) is 0 Å². The fraction of sp³-hybridized carbons (Fsp3) is 0.500. The molecule has 0 aliphatic heterocycles. The van der Waals surface area contributed by atoms with Crippen LogP contribution in [0.2, 0.25) is 0 Å². The van der Waals surface area contributed by atoms with Crippen molar-refractivity contribution in [1.29, 1.82) is 0 Å². The van der Waals surface area contributed by atoms with Gasteiger partial charge in [-0.2, -0.15) is 13.2 Å². The Morgan fingerprint density at radius 3 is 2.63 bits per heavy atom. The molecule has 0 radical (unpaired) electrons. The van der Waals surface area contributed by atoms with Crippen molar-refractivity contribution >= 4 is 21.6 Å². The number of ether oxygens (including phenoxy) is 2. The molecular formula is C12H15BrF3NO2. The lowest BCUT2D eigenvalue weighted by Crippen LogP contribution is -2.18. The molecular weight excluding hydrogens is 327 g/mol. The minimum Gasteiger partial charge on any atom is -0.496 e. The van der Waals surface area contributed by atoms with Crippen LogP contribution in [-0.4, -0.2) is 33.0 Å². The second-order valence-electron chi connectivity index (χ2n) is 3.80. The fourth-order valence-corrected chi connectivity index (χ4v) is 1.91. The average Bonchev–Trinajstić information content (AvgIpc) is 2.32. The predicted molar refractivity (Wildman–Crippen MR) is 70.7 cm³/mol. The zero-order valence-corrected chi connectivity index (χ0v) is 12.0. The highest BCUT2D eigenvalue weighted by Crippen LogP contribution is 2.27. The number of methoxy groups -OCH3 is 1. The van der Waals surface area contributed by atoms with Crippen LogP contribution >= 0.6 is 15.9 Å². The van der Waals surface area contributed by atoms with Crippen LogP contribution in [0.5, 0.6) is 5.75 Å². The summed E-state index contributed by atoms with van der Waals surface area (Å²) in [7, 11) is 1.57. The Morgan fingerprint density at radius 1 is 1.32 bits per heavy atom. The van der Waals surface area contributed by atoms with Gasteiger partial charge >= 0.3 is 6.18 Å². The summed E-state index contributed by atoms with van der Waals surface area (Å²) in [6.07, 6.45) is -3.76. The van der Waals surface area contributed by atoms with Gasteiger partial charge in [0.05, 0.1) is 11.6 Å². The second-order valence-corrected chi connectivity index (χ2v) is 4.65. The van der Waals surface area contributed by atoms with E-state index in [4.69, 9.17) is 4.74 Å². The third-order valence-electron chi connectivity index (χ3n) is 2.21. The lowest BCUT2D eigenvalue weighted by Gasteiger charge is -2.10. The minimum absolute atomic E-state index is 0.0732. The van der Waals surface area contributed by atoms with Gasteiger partial charge in [0.25, 0.3) is 0 Å². The van der Waals surface area contributed by atoms with Gasteiger partial charge in [0, 0.05) is 18.8 Å². The Morgan fingerprint density at radius 2 is 2.05 bits per heavy atom. The van der Waals surface area contributed by atoms with Crippen LogP contribution in [0.4, 0.5) is 18.9 Å². The minimum atomic E-state index is -4.26. The van der Waals surface area contributed by atoms with Crippen LogP contribution in [0.25, 0.3) is 0 Å². The molecule has 0 aromatic heterocycles. The number of hydrogen-bond donors (Lipinski definition) is 1. The highest BCUT2D eigenvalue weighted by atomic mass is 79.9. The summed E-state index contributed by atoms with van der Waals surface area (Å²) < 4.78 is 45.8. The molecule has 0 bridgehead atoms. The molecule has 1 rings (SSSR count). The molecule has 108 valence electrons. The smallest absolute Gasteiger partial charge is 0.411 e. The molecule has 19 heavy (non-hydrogen) atoms. The van der Waals surface area contributed by atoms with E-state index in [0.717, 1.165) is 15.9 Å². The molecule has 0 spiro atoms. The molecule has 0 aliphatic rings. The zero-order chi connectivity index (χ0) is 14.3. The average molecular weight is 342 g/mol. The van der Waals surface area contributed by atoms with Crippen molar-refractivity contribution in [1.82, 2.24) is 0 Å². The second kappa shape index (κ2) is 7.59. The highest BCUT2D eigenvalue weighted by Gasteiger charge is 2.27. The zero-order valence-electron chi connectivity index (χ0n) is 10.4.